The average Bonchev–Trinajstić information content (AvgIpc) is 2.91. The number of carboxylic acid groups (broad SMARTS) is 1. The van der Waals surface area contributed by atoms with Crippen molar-refractivity contribution in [1.29, 1.82) is 0 Å². The summed E-state index contributed by atoms with van der Waals surface area (Å²) >= 11 is 0. The highest BCUT2D eigenvalue weighted by Crippen LogP contribution is 2.30. The lowest BCUT2D eigenvalue weighted by atomic mass is 9.78. The van der Waals surface area contributed by atoms with Crippen molar-refractivity contribution in [1.82, 2.24) is 9.78 Å². The Morgan fingerprint density at radius 3 is 2.70 bits per heavy atom. The molecule has 1 aromatic carbocycles. The minimum absolute atomic E-state index is 0.237. The summed E-state index contributed by atoms with van der Waals surface area (Å²) in [6.07, 6.45) is 2.03. The van der Waals surface area contributed by atoms with Crippen molar-refractivity contribution < 1.29 is 19.4 Å². The van der Waals surface area contributed by atoms with Crippen LogP contribution in [0.15, 0.2) is 30.5 Å². The van der Waals surface area contributed by atoms with Crippen LogP contribution < -0.4 is 4.74 Å². The van der Waals surface area contributed by atoms with Gasteiger partial charge in [-0.15, -0.1) is 0 Å². The lowest BCUT2D eigenvalue weighted by Crippen LogP contribution is -2.36. The van der Waals surface area contributed by atoms with Gasteiger partial charge in [-0.1, -0.05) is 19.1 Å². The van der Waals surface area contributed by atoms with Crippen molar-refractivity contribution in [3.63, 3.8) is 0 Å². The monoisotopic (exact) mass is 314 g/mol. The summed E-state index contributed by atoms with van der Waals surface area (Å²) in [6, 6.07) is 7.64. The van der Waals surface area contributed by atoms with Crippen LogP contribution in [0, 0.1) is 11.8 Å². The largest absolute Gasteiger partial charge is 0.497 e. The Morgan fingerprint density at radius 1 is 1.39 bits per heavy atom. The lowest BCUT2D eigenvalue weighted by Gasteiger charge is -2.25. The molecule has 0 saturated carbocycles. The van der Waals surface area contributed by atoms with E-state index in [2.05, 4.69) is 5.10 Å². The molecule has 2 atom stereocenters. The maximum Gasteiger partial charge on any atom is 0.314 e. The van der Waals surface area contributed by atoms with Gasteiger partial charge in [-0.05, 0) is 30.0 Å². The zero-order valence-electron chi connectivity index (χ0n) is 13.0. The van der Waals surface area contributed by atoms with Crippen molar-refractivity contribution in [2.75, 3.05) is 7.11 Å². The van der Waals surface area contributed by atoms with E-state index in [1.54, 1.807) is 18.7 Å². The second kappa shape index (κ2) is 5.87. The molecule has 0 amide bonds. The second-order valence-corrected chi connectivity index (χ2v) is 5.87. The smallest absolute Gasteiger partial charge is 0.314 e. The number of hydrogen-bond donors (Lipinski definition) is 1. The fourth-order valence-electron chi connectivity index (χ4n) is 3.08. The molecule has 0 bridgehead atoms. The molecule has 0 saturated heterocycles. The SMILES string of the molecule is COc1ccc(Cn2ncc3c2CC(C)[C@H](C(=O)O)C3=O)cc1. The quantitative estimate of drug-likeness (QED) is 0.873. The van der Waals surface area contributed by atoms with Crippen LogP contribution in [0.2, 0.25) is 0 Å². The molecule has 6 heteroatoms. The molecule has 0 fully saturated rings. The third-order valence-electron chi connectivity index (χ3n) is 4.34. The van der Waals surface area contributed by atoms with Crippen molar-refractivity contribution in [3.05, 3.63) is 47.3 Å². The molecule has 6 nitrogen and oxygen atoms in total. The van der Waals surface area contributed by atoms with Gasteiger partial charge in [0.1, 0.15) is 11.7 Å². The fraction of sp³-hybridized carbons (Fsp3) is 0.353. The molecule has 1 heterocycles. The summed E-state index contributed by atoms with van der Waals surface area (Å²) in [5.41, 5.74) is 2.29. The first-order valence-electron chi connectivity index (χ1n) is 7.46. The highest BCUT2D eigenvalue weighted by atomic mass is 16.5. The maximum atomic E-state index is 12.4. The molecule has 1 N–H and O–H groups in total. The molecule has 23 heavy (non-hydrogen) atoms. The molecular weight excluding hydrogens is 296 g/mol. The van der Waals surface area contributed by atoms with E-state index in [9.17, 15) is 14.7 Å². The van der Waals surface area contributed by atoms with Crippen LogP contribution in [0.3, 0.4) is 0 Å². The zero-order chi connectivity index (χ0) is 16.6. The lowest BCUT2D eigenvalue weighted by molar-refractivity contribution is -0.141. The first-order valence-corrected chi connectivity index (χ1v) is 7.46. The van der Waals surface area contributed by atoms with Gasteiger partial charge >= 0.3 is 5.97 Å². The number of Topliss-reactive ketones (excluding diaryl/α,β-unsaturated/α-hetero) is 1. The topological polar surface area (TPSA) is 81.4 Å². The van der Waals surface area contributed by atoms with Crippen LogP contribution in [-0.2, 0) is 17.8 Å². The predicted octanol–water partition coefficient (Wildman–Crippen LogP) is 2.02. The van der Waals surface area contributed by atoms with Crippen molar-refractivity contribution in [3.8, 4) is 5.75 Å². The normalized spacial score (nSPS) is 20.2. The van der Waals surface area contributed by atoms with E-state index in [0.29, 0.717) is 18.5 Å². The van der Waals surface area contributed by atoms with E-state index in [1.165, 1.54) is 6.20 Å². The molecule has 2 aromatic rings. The minimum Gasteiger partial charge on any atom is -0.497 e. The maximum absolute atomic E-state index is 12.4. The molecule has 1 aliphatic rings. The summed E-state index contributed by atoms with van der Waals surface area (Å²) in [5.74, 6) is -1.83. The number of methoxy groups -OCH3 is 1. The summed E-state index contributed by atoms with van der Waals surface area (Å²) in [5, 5.41) is 13.5. The number of carboxylic acids is 1. The number of rotatable bonds is 4. The Labute approximate surface area is 133 Å². The Morgan fingerprint density at radius 2 is 2.09 bits per heavy atom. The summed E-state index contributed by atoms with van der Waals surface area (Å²) in [6.45, 7) is 2.33. The standard InChI is InChI=1S/C17H18N2O4/c1-10-7-14-13(16(20)15(10)17(21)22)8-18-19(14)9-11-3-5-12(23-2)6-4-11/h3-6,8,10,15H,7,9H2,1-2H3,(H,21,22)/t10?,15-/m0/s1. The molecular formula is C17H18N2O4. The van der Waals surface area contributed by atoms with Gasteiger partial charge in [0, 0.05) is 5.69 Å². The van der Waals surface area contributed by atoms with Crippen LogP contribution in [0.1, 0.15) is 28.5 Å². The second-order valence-electron chi connectivity index (χ2n) is 5.87. The zero-order valence-corrected chi connectivity index (χ0v) is 13.0. The van der Waals surface area contributed by atoms with E-state index < -0.39 is 11.9 Å². The van der Waals surface area contributed by atoms with Gasteiger partial charge < -0.3 is 9.84 Å². The highest BCUT2D eigenvalue weighted by molar-refractivity contribution is 6.09. The predicted molar refractivity (Wildman–Crippen MR) is 82.6 cm³/mol. The molecule has 1 aromatic heterocycles. The van der Waals surface area contributed by atoms with Crippen LogP contribution in [0.5, 0.6) is 5.75 Å². The van der Waals surface area contributed by atoms with Gasteiger partial charge in [0.15, 0.2) is 5.78 Å². The number of ketones is 1. The van der Waals surface area contributed by atoms with Gasteiger partial charge in [0.2, 0.25) is 0 Å². The van der Waals surface area contributed by atoms with Crippen LogP contribution in [0.4, 0.5) is 0 Å². The number of carbonyl (C=O) groups excluding carboxylic acids is 1. The Bertz CT molecular complexity index is 748. The summed E-state index contributed by atoms with van der Waals surface area (Å²) in [4.78, 5) is 23.7. The molecule has 0 radical (unpaired) electrons. The minimum atomic E-state index is -1.06. The Hall–Kier alpha value is -2.63. The fourth-order valence-corrected chi connectivity index (χ4v) is 3.08. The van der Waals surface area contributed by atoms with Gasteiger partial charge in [-0.25, -0.2) is 0 Å². The third kappa shape index (κ3) is 2.72. The number of aromatic nitrogens is 2. The Kier molecular flexibility index (Phi) is 3.90. The third-order valence-corrected chi connectivity index (χ3v) is 4.34. The average molecular weight is 314 g/mol. The number of nitrogens with zero attached hydrogens (tertiary/aromatic N) is 2. The van der Waals surface area contributed by atoms with Gasteiger partial charge in [-0.3, -0.25) is 14.3 Å². The van der Waals surface area contributed by atoms with Crippen LogP contribution in [0.25, 0.3) is 0 Å². The first-order chi connectivity index (χ1) is 11.0. The number of ether oxygens (including phenoxy) is 1. The number of hydrogen-bond acceptors (Lipinski definition) is 4. The molecule has 1 aliphatic carbocycles. The van der Waals surface area contributed by atoms with Crippen LogP contribution in [-0.4, -0.2) is 33.7 Å². The first kappa shape index (κ1) is 15.3. The van der Waals surface area contributed by atoms with E-state index in [-0.39, 0.29) is 11.7 Å². The van der Waals surface area contributed by atoms with Crippen LogP contribution >= 0.6 is 0 Å². The van der Waals surface area contributed by atoms with Gasteiger partial charge in [0.25, 0.3) is 0 Å². The molecule has 0 aliphatic heterocycles. The number of fused-ring (bicyclic) bond motifs is 1. The number of benzene rings is 1. The Balaban J connectivity index is 1.88. The van der Waals surface area contributed by atoms with Crippen molar-refractivity contribution in [2.24, 2.45) is 11.8 Å². The molecule has 3 rings (SSSR count). The van der Waals surface area contributed by atoms with E-state index >= 15 is 0 Å². The number of carbonyl (C=O) groups is 2. The summed E-state index contributed by atoms with van der Waals surface area (Å²) in [7, 11) is 1.62. The molecule has 120 valence electrons. The van der Waals surface area contributed by atoms with Crippen molar-refractivity contribution in [2.45, 2.75) is 19.9 Å². The van der Waals surface area contributed by atoms with E-state index in [1.807, 2.05) is 24.3 Å². The highest BCUT2D eigenvalue weighted by Gasteiger charge is 2.40. The summed E-state index contributed by atoms with van der Waals surface area (Å²) < 4.78 is 6.92. The van der Waals surface area contributed by atoms with Crippen molar-refractivity contribution >= 4 is 11.8 Å². The van der Waals surface area contributed by atoms with Gasteiger partial charge in [0.05, 0.1) is 25.4 Å². The number of aliphatic carboxylic acids is 1. The van der Waals surface area contributed by atoms with Gasteiger partial charge in [-0.2, -0.15) is 5.10 Å². The van der Waals surface area contributed by atoms with E-state index in [0.717, 1.165) is 17.0 Å². The van der Waals surface area contributed by atoms with E-state index in [4.69, 9.17) is 4.74 Å². The molecule has 0 spiro atoms. The molecule has 1 unspecified atom stereocenters.